The van der Waals surface area contributed by atoms with E-state index in [9.17, 15) is 19.2 Å². The third-order valence-electron chi connectivity index (χ3n) is 7.93. The Kier molecular flexibility index (Phi) is 5.63. The van der Waals surface area contributed by atoms with Crippen LogP contribution in [0.5, 0.6) is 0 Å². The van der Waals surface area contributed by atoms with Crippen molar-refractivity contribution in [3.8, 4) is 0 Å². The van der Waals surface area contributed by atoms with Gasteiger partial charge in [0.1, 0.15) is 5.54 Å². The van der Waals surface area contributed by atoms with Gasteiger partial charge in [-0.1, -0.05) is 60.1 Å². The van der Waals surface area contributed by atoms with E-state index in [1.165, 1.54) is 13.2 Å². The van der Waals surface area contributed by atoms with Gasteiger partial charge in [0.2, 0.25) is 17.7 Å². The maximum atomic E-state index is 14.2. The number of hydrogen-bond acceptors (Lipinski definition) is 6. The van der Waals surface area contributed by atoms with E-state index in [2.05, 4.69) is 10.6 Å². The lowest BCUT2D eigenvalue weighted by atomic mass is 9.76. The minimum absolute atomic E-state index is 0.0946. The van der Waals surface area contributed by atoms with Crippen molar-refractivity contribution < 1.29 is 23.9 Å². The van der Waals surface area contributed by atoms with E-state index in [-0.39, 0.29) is 11.3 Å². The van der Waals surface area contributed by atoms with Gasteiger partial charge in [0.05, 0.1) is 35.9 Å². The van der Waals surface area contributed by atoms with Gasteiger partial charge in [0.25, 0.3) is 0 Å². The number of ether oxygens (including phenoxy) is 1. The molecule has 3 aliphatic rings. The number of fused-ring (bicyclic) bond motifs is 4. The summed E-state index contributed by atoms with van der Waals surface area (Å²) >= 11 is 6.35. The lowest BCUT2D eigenvalue weighted by Crippen LogP contribution is -2.53. The summed E-state index contributed by atoms with van der Waals surface area (Å²) in [6, 6.07) is 18.8. The molecule has 38 heavy (non-hydrogen) atoms. The zero-order chi connectivity index (χ0) is 26.8. The summed E-state index contributed by atoms with van der Waals surface area (Å²) in [6.07, 6.45) is 0.421. The predicted octanol–water partition coefficient (Wildman–Crippen LogP) is 3.60. The molecule has 9 heteroatoms. The zero-order valence-electron chi connectivity index (χ0n) is 20.7. The number of anilines is 2. The van der Waals surface area contributed by atoms with Crippen molar-refractivity contribution in [3.63, 3.8) is 0 Å². The molecule has 2 fully saturated rings. The topological polar surface area (TPSA) is 105 Å². The third-order valence-corrected chi connectivity index (χ3v) is 8.34. The van der Waals surface area contributed by atoms with Crippen molar-refractivity contribution in [2.75, 3.05) is 17.3 Å². The molecule has 0 aliphatic carbocycles. The highest BCUT2D eigenvalue weighted by Crippen LogP contribution is 2.55. The molecule has 0 aromatic heterocycles. The number of carbonyl (C=O) groups excluding carboxylic acids is 4. The average molecular weight is 530 g/mol. The fourth-order valence-electron chi connectivity index (χ4n) is 6.22. The summed E-state index contributed by atoms with van der Waals surface area (Å²) in [5.41, 5.74) is 1.53. The molecule has 3 amide bonds. The fourth-order valence-corrected chi connectivity index (χ4v) is 6.38. The van der Waals surface area contributed by atoms with Gasteiger partial charge in [-0.2, -0.15) is 0 Å². The summed E-state index contributed by atoms with van der Waals surface area (Å²) in [5.74, 6) is -3.96. The van der Waals surface area contributed by atoms with Crippen LogP contribution in [0.25, 0.3) is 0 Å². The quantitative estimate of drug-likeness (QED) is 0.395. The van der Waals surface area contributed by atoms with Crippen molar-refractivity contribution in [2.24, 2.45) is 11.8 Å². The van der Waals surface area contributed by atoms with Gasteiger partial charge in [-0.25, -0.2) is 9.69 Å². The van der Waals surface area contributed by atoms with E-state index in [1.807, 2.05) is 30.3 Å². The number of imide groups is 1. The SMILES string of the molecule is COC(=O)c1ccccc1N1C(=O)[C@@H]2[C@H](Cc3ccccc3)N[C@]3(C(=O)Nc4c3ccc(Cl)c4C)[C@@H]2C1=O. The first-order valence-corrected chi connectivity index (χ1v) is 12.6. The summed E-state index contributed by atoms with van der Waals surface area (Å²) in [5, 5.41) is 6.84. The number of nitrogens with one attached hydrogen (secondary N) is 2. The number of amides is 3. The standard InChI is InChI=1S/C29H24ClN3O5/c1-15-19(30)13-12-18-24(15)31-28(37)29(18)23-22(20(32-29)14-16-8-4-3-5-9-16)25(34)33(26(23)35)21-11-7-6-10-17(21)27(36)38-2/h3-13,20,22-23,32H,14H2,1-2H3,(H,31,37)/t20-,22+,23-,29-/m0/s1. The van der Waals surface area contributed by atoms with Crippen LogP contribution in [0.4, 0.5) is 11.4 Å². The van der Waals surface area contributed by atoms with Gasteiger partial charge >= 0.3 is 5.97 Å². The molecule has 0 bridgehead atoms. The Hall–Kier alpha value is -4.01. The Morgan fingerprint density at radius 3 is 2.45 bits per heavy atom. The van der Waals surface area contributed by atoms with Crippen LogP contribution in [0, 0.1) is 18.8 Å². The number of nitrogens with zero attached hydrogens (tertiary/aromatic N) is 1. The van der Waals surface area contributed by atoms with Crippen LogP contribution < -0.4 is 15.5 Å². The van der Waals surface area contributed by atoms with E-state index < -0.39 is 47.1 Å². The molecule has 2 N–H and O–H groups in total. The lowest BCUT2D eigenvalue weighted by Gasteiger charge is -2.30. The summed E-state index contributed by atoms with van der Waals surface area (Å²) in [6.45, 7) is 1.80. The van der Waals surface area contributed by atoms with Crippen LogP contribution in [-0.4, -0.2) is 36.8 Å². The highest BCUT2D eigenvalue weighted by atomic mass is 35.5. The van der Waals surface area contributed by atoms with Crippen LogP contribution in [0.3, 0.4) is 0 Å². The zero-order valence-corrected chi connectivity index (χ0v) is 21.4. The van der Waals surface area contributed by atoms with E-state index in [1.54, 1.807) is 37.3 Å². The van der Waals surface area contributed by atoms with Gasteiger partial charge in [-0.3, -0.25) is 19.7 Å². The lowest BCUT2D eigenvalue weighted by molar-refractivity contribution is -0.130. The van der Waals surface area contributed by atoms with Gasteiger partial charge in [-0.05, 0) is 42.7 Å². The normalized spacial score (nSPS) is 25.5. The number of rotatable bonds is 4. The molecule has 192 valence electrons. The Bertz CT molecular complexity index is 1520. The largest absolute Gasteiger partial charge is 0.465 e. The van der Waals surface area contributed by atoms with Crippen LogP contribution in [0.15, 0.2) is 66.7 Å². The summed E-state index contributed by atoms with van der Waals surface area (Å²) in [7, 11) is 1.24. The Morgan fingerprint density at radius 2 is 1.71 bits per heavy atom. The van der Waals surface area contributed by atoms with Crippen LogP contribution in [0.1, 0.15) is 27.0 Å². The van der Waals surface area contributed by atoms with Crippen molar-refractivity contribution >= 4 is 46.7 Å². The van der Waals surface area contributed by atoms with Crippen molar-refractivity contribution in [1.82, 2.24) is 5.32 Å². The first-order valence-electron chi connectivity index (χ1n) is 12.3. The first kappa shape index (κ1) is 24.3. The maximum Gasteiger partial charge on any atom is 0.339 e. The Labute approximate surface area is 223 Å². The molecule has 1 spiro atoms. The van der Waals surface area contributed by atoms with Gasteiger partial charge in [-0.15, -0.1) is 0 Å². The third kappa shape index (κ3) is 3.27. The fraction of sp³-hybridized carbons (Fsp3) is 0.241. The number of methoxy groups -OCH3 is 1. The second-order valence-corrected chi connectivity index (χ2v) is 10.2. The Morgan fingerprint density at radius 1 is 1.00 bits per heavy atom. The highest BCUT2D eigenvalue weighted by molar-refractivity contribution is 6.32. The predicted molar refractivity (Wildman–Crippen MR) is 141 cm³/mol. The highest BCUT2D eigenvalue weighted by Gasteiger charge is 2.70. The minimum atomic E-state index is -1.48. The van der Waals surface area contributed by atoms with Crippen LogP contribution >= 0.6 is 11.6 Å². The second-order valence-electron chi connectivity index (χ2n) is 9.82. The van der Waals surface area contributed by atoms with Crippen LogP contribution in [-0.2, 0) is 31.1 Å². The first-order chi connectivity index (χ1) is 18.3. The number of halogens is 1. The van der Waals surface area contributed by atoms with Gasteiger partial charge in [0.15, 0.2) is 0 Å². The Balaban J connectivity index is 1.53. The molecule has 0 unspecified atom stereocenters. The maximum absolute atomic E-state index is 14.2. The second kappa shape index (κ2) is 8.79. The van der Waals surface area contributed by atoms with Gasteiger partial charge in [0, 0.05) is 16.6 Å². The molecule has 3 aromatic rings. The number of para-hydroxylation sites is 1. The molecule has 0 radical (unpaired) electrons. The molecule has 3 heterocycles. The van der Waals surface area contributed by atoms with E-state index in [4.69, 9.17) is 16.3 Å². The van der Waals surface area contributed by atoms with E-state index in [0.717, 1.165) is 10.5 Å². The minimum Gasteiger partial charge on any atom is -0.465 e. The smallest absolute Gasteiger partial charge is 0.339 e. The molecule has 4 atom stereocenters. The molecule has 3 aromatic carbocycles. The molecule has 3 aliphatic heterocycles. The monoisotopic (exact) mass is 529 g/mol. The molecular formula is C29H24ClN3O5. The summed E-state index contributed by atoms with van der Waals surface area (Å²) < 4.78 is 4.91. The van der Waals surface area contributed by atoms with Crippen molar-refractivity contribution in [3.05, 3.63) is 94.0 Å². The molecule has 0 saturated carbocycles. The van der Waals surface area contributed by atoms with E-state index in [0.29, 0.717) is 28.3 Å². The number of hydrogen-bond donors (Lipinski definition) is 2. The van der Waals surface area contributed by atoms with E-state index >= 15 is 0 Å². The van der Waals surface area contributed by atoms with Crippen molar-refractivity contribution in [2.45, 2.75) is 24.9 Å². The van der Waals surface area contributed by atoms with Crippen LogP contribution in [0.2, 0.25) is 5.02 Å². The van der Waals surface area contributed by atoms with Crippen molar-refractivity contribution in [1.29, 1.82) is 0 Å². The summed E-state index contributed by atoms with van der Waals surface area (Å²) in [4.78, 5) is 55.7. The number of esters is 1. The molecule has 8 nitrogen and oxygen atoms in total. The number of benzene rings is 3. The van der Waals surface area contributed by atoms with Gasteiger partial charge < -0.3 is 10.1 Å². The molecule has 2 saturated heterocycles. The number of carbonyl (C=O) groups is 4. The molecule has 6 rings (SSSR count). The molecular weight excluding hydrogens is 506 g/mol. The average Bonchev–Trinajstić information content (AvgIpc) is 3.50.